The van der Waals surface area contributed by atoms with Crippen LogP contribution in [0.3, 0.4) is 0 Å². The molecule has 0 aliphatic carbocycles. The number of nitrogens with two attached hydrogens (primary N) is 1. The van der Waals surface area contributed by atoms with Gasteiger partial charge in [-0.25, -0.2) is 10.6 Å². The van der Waals surface area contributed by atoms with Gasteiger partial charge >= 0.3 is 6.03 Å². The molecular formula is C12H26N4O2. The molecule has 0 aromatic heterocycles. The molecule has 18 heavy (non-hydrogen) atoms. The van der Waals surface area contributed by atoms with Crippen molar-refractivity contribution in [2.45, 2.75) is 25.9 Å². The first-order valence-electron chi connectivity index (χ1n) is 6.62. The molecule has 6 nitrogen and oxygen atoms in total. The van der Waals surface area contributed by atoms with E-state index >= 15 is 0 Å². The molecule has 2 rings (SSSR count). The topological polar surface area (TPSA) is 62.0 Å². The number of hydrogen-bond acceptors (Lipinski definition) is 4. The van der Waals surface area contributed by atoms with Gasteiger partial charge in [0.05, 0.1) is 18.8 Å². The molecule has 106 valence electrons. The second-order valence-electron chi connectivity index (χ2n) is 4.83. The zero-order valence-electron chi connectivity index (χ0n) is 12.0. The monoisotopic (exact) mass is 258 g/mol. The summed E-state index contributed by atoms with van der Waals surface area (Å²) >= 11 is 0. The fourth-order valence-corrected chi connectivity index (χ4v) is 2.52. The van der Waals surface area contributed by atoms with E-state index < -0.39 is 0 Å². The number of likely N-dealkylation sites (N-methyl/N-ethyl adjacent to an activating group) is 1. The minimum Gasteiger partial charge on any atom is -0.370 e. The predicted molar refractivity (Wildman–Crippen MR) is 71.1 cm³/mol. The number of nitrogens with zero attached hydrogens (tertiary/aromatic N) is 3. The Kier molecular flexibility index (Phi) is 5.37. The fourth-order valence-electron chi connectivity index (χ4n) is 2.52. The zero-order valence-corrected chi connectivity index (χ0v) is 12.0. The van der Waals surface area contributed by atoms with Crippen LogP contribution < -0.4 is 5.84 Å². The van der Waals surface area contributed by atoms with Crippen LogP contribution in [-0.4, -0.2) is 73.3 Å². The van der Waals surface area contributed by atoms with E-state index in [4.69, 9.17) is 10.6 Å². The third-order valence-electron chi connectivity index (χ3n) is 3.33. The number of carbonyl (C=O) groups excluding carboxylic acids is 1. The summed E-state index contributed by atoms with van der Waals surface area (Å²) < 4.78 is 5.86. The largest absolute Gasteiger partial charge is 0.370 e. The number of morpholine rings is 1. The highest BCUT2D eigenvalue weighted by molar-refractivity contribution is 5.73. The Hall–Kier alpha value is -0.850. The molecular weight excluding hydrogens is 232 g/mol. The van der Waals surface area contributed by atoms with Crippen LogP contribution in [0.4, 0.5) is 4.79 Å². The Labute approximate surface area is 110 Å². The van der Waals surface area contributed by atoms with Gasteiger partial charge in [0.15, 0.2) is 0 Å². The van der Waals surface area contributed by atoms with Crippen LogP contribution in [0.2, 0.25) is 0 Å². The Balaban J connectivity index is 0.000000771. The summed E-state index contributed by atoms with van der Waals surface area (Å²) in [6, 6.07) is -0.128. The van der Waals surface area contributed by atoms with Crippen molar-refractivity contribution in [3.8, 4) is 0 Å². The molecule has 1 unspecified atom stereocenters. The number of rotatable bonds is 0. The van der Waals surface area contributed by atoms with Crippen LogP contribution in [0.5, 0.6) is 0 Å². The molecule has 2 aliphatic heterocycles. The van der Waals surface area contributed by atoms with Gasteiger partial charge < -0.3 is 14.5 Å². The fraction of sp³-hybridized carbons (Fsp3) is 0.917. The molecule has 6 heteroatoms. The molecule has 1 spiro atoms. The van der Waals surface area contributed by atoms with Crippen LogP contribution in [0.1, 0.15) is 20.3 Å². The lowest BCUT2D eigenvalue weighted by atomic mass is 10.0. The molecule has 2 saturated heterocycles. The summed E-state index contributed by atoms with van der Waals surface area (Å²) in [5.74, 6) is 5.47. The van der Waals surface area contributed by atoms with Gasteiger partial charge in [-0.05, 0) is 13.5 Å². The van der Waals surface area contributed by atoms with E-state index in [-0.39, 0.29) is 11.6 Å². The van der Waals surface area contributed by atoms with Gasteiger partial charge in [0.1, 0.15) is 0 Å². The quantitative estimate of drug-likeness (QED) is 0.387. The zero-order chi connectivity index (χ0) is 13.8. The van der Waals surface area contributed by atoms with E-state index in [0.29, 0.717) is 19.7 Å². The predicted octanol–water partition coefficient (Wildman–Crippen LogP) is 0.345. The minimum absolute atomic E-state index is 0.128. The van der Waals surface area contributed by atoms with E-state index in [0.717, 1.165) is 24.5 Å². The average Bonchev–Trinajstić information content (AvgIpc) is 2.71. The van der Waals surface area contributed by atoms with E-state index in [9.17, 15) is 4.79 Å². The highest BCUT2D eigenvalue weighted by atomic mass is 16.5. The first-order valence-corrected chi connectivity index (χ1v) is 6.62. The average molecular weight is 258 g/mol. The SMILES string of the molecule is CC.CN1CCC2(C1)CN(C(=O)N(C)N)CCO2. The molecule has 2 N–H and O–H groups in total. The van der Waals surface area contributed by atoms with Crippen molar-refractivity contribution in [1.82, 2.24) is 14.8 Å². The summed E-state index contributed by atoms with van der Waals surface area (Å²) in [5.41, 5.74) is -0.168. The van der Waals surface area contributed by atoms with Gasteiger partial charge in [0.2, 0.25) is 0 Å². The van der Waals surface area contributed by atoms with Gasteiger partial charge in [-0.1, -0.05) is 13.8 Å². The molecule has 0 aromatic carbocycles. The second kappa shape index (κ2) is 6.36. The van der Waals surface area contributed by atoms with Gasteiger partial charge in [-0.15, -0.1) is 0 Å². The van der Waals surface area contributed by atoms with Crippen molar-refractivity contribution >= 4 is 6.03 Å². The number of likely N-dealkylation sites (tertiary alicyclic amines) is 1. The Morgan fingerprint density at radius 1 is 1.33 bits per heavy atom. The molecule has 2 heterocycles. The highest BCUT2D eigenvalue weighted by Gasteiger charge is 2.43. The van der Waals surface area contributed by atoms with Crippen molar-refractivity contribution in [1.29, 1.82) is 0 Å². The molecule has 2 aliphatic rings. The van der Waals surface area contributed by atoms with E-state index in [2.05, 4.69) is 11.9 Å². The molecule has 0 radical (unpaired) electrons. The molecule has 0 bridgehead atoms. The molecule has 2 fully saturated rings. The first-order chi connectivity index (χ1) is 8.52. The van der Waals surface area contributed by atoms with Crippen molar-refractivity contribution in [2.75, 3.05) is 46.9 Å². The van der Waals surface area contributed by atoms with Crippen molar-refractivity contribution in [2.24, 2.45) is 5.84 Å². The number of urea groups is 1. The summed E-state index contributed by atoms with van der Waals surface area (Å²) in [4.78, 5) is 15.8. The van der Waals surface area contributed by atoms with Crippen LogP contribution in [-0.2, 0) is 4.74 Å². The van der Waals surface area contributed by atoms with Crippen LogP contribution in [0, 0.1) is 0 Å². The number of carbonyl (C=O) groups is 1. The van der Waals surface area contributed by atoms with Gasteiger partial charge in [-0.2, -0.15) is 0 Å². The van der Waals surface area contributed by atoms with Crippen LogP contribution in [0.15, 0.2) is 0 Å². The van der Waals surface area contributed by atoms with Crippen LogP contribution in [0.25, 0.3) is 0 Å². The minimum atomic E-state index is -0.168. The summed E-state index contributed by atoms with van der Waals surface area (Å²) in [6.45, 7) is 7.81. The Morgan fingerprint density at radius 2 is 2.00 bits per heavy atom. The lowest BCUT2D eigenvalue weighted by molar-refractivity contribution is -0.0907. The number of ether oxygens (including phenoxy) is 1. The van der Waals surface area contributed by atoms with E-state index in [1.165, 1.54) is 0 Å². The number of hydrogen-bond donors (Lipinski definition) is 1. The van der Waals surface area contributed by atoms with Crippen molar-refractivity contribution in [3.63, 3.8) is 0 Å². The third kappa shape index (κ3) is 3.34. The first kappa shape index (κ1) is 15.2. The lowest BCUT2D eigenvalue weighted by Crippen LogP contribution is -2.57. The Bertz CT molecular complexity index is 281. The van der Waals surface area contributed by atoms with Crippen molar-refractivity contribution in [3.05, 3.63) is 0 Å². The molecule has 1 atom stereocenters. The lowest BCUT2D eigenvalue weighted by Gasteiger charge is -2.40. The normalized spacial score (nSPS) is 27.9. The maximum Gasteiger partial charge on any atom is 0.334 e. The third-order valence-corrected chi connectivity index (χ3v) is 3.33. The number of hydrazine groups is 1. The van der Waals surface area contributed by atoms with E-state index in [1.54, 1.807) is 11.9 Å². The molecule has 0 aromatic rings. The van der Waals surface area contributed by atoms with Gasteiger partial charge in [0, 0.05) is 26.7 Å². The smallest absolute Gasteiger partial charge is 0.334 e. The van der Waals surface area contributed by atoms with Crippen molar-refractivity contribution < 1.29 is 9.53 Å². The second-order valence-corrected chi connectivity index (χ2v) is 4.83. The Morgan fingerprint density at radius 3 is 2.50 bits per heavy atom. The summed E-state index contributed by atoms with van der Waals surface area (Å²) in [5, 5.41) is 1.14. The van der Waals surface area contributed by atoms with Crippen LogP contribution >= 0.6 is 0 Å². The standard InChI is InChI=1S/C10H20N4O2.C2H6/c1-12-4-3-10(7-12)8-14(5-6-16-10)9(15)13(2)11;1-2/h3-8,11H2,1-2H3;1-2H3. The summed E-state index contributed by atoms with van der Waals surface area (Å²) in [6.07, 6.45) is 0.988. The molecule has 2 amide bonds. The van der Waals surface area contributed by atoms with E-state index in [1.807, 2.05) is 13.8 Å². The molecule has 0 saturated carbocycles. The van der Waals surface area contributed by atoms with Gasteiger partial charge in [0.25, 0.3) is 0 Å². The maximum absolute atomic E-state index is 11.8. The summed E-state index contributed by atoms with van der Waals surface area (Å²) in [7, 11) is 3.65. The maximum atomic E-state index is 11.8. The number of amides is 2. The van der Waals surface area contributed by atoms with Gasteiger partial charge in [-0.3, -0.25) is 5.01 Å². The highest BCUT2D eigenvalue weighted by Crippen LogP contribution is 2.28.